The van der Waals surface area contributed by atoms with Crippen LogP contribution < -0.4 is 16.0 Å². The van der Waals surface area contributed by atoms with Crippen molar-refractivity contribution in [2.75, 3.05) is 51.3 Å². The molecule has 3 aliphatic rings. The van der Waals surface area contributed by atoms with E-state index in [2.05, 4.69) is 16.0 Å². The Kier molecular flexibility index (Phi) is 13.9. The van der Waals surface area contributed by atoms with E-state index in [-0.39, 0.29) is 42.8 Å². The van der Waals surface area contributed by atoms with E-state index in [0.717, 1.165) is 12.8 Å². The van der Waals surface area contributed by atoms with Crippen LogP contribution >= 0.6 is 11.8 Å². The van der Waals surface area contributed by atoms with Crippen molar-refractivity contribution in [3.8, 4) is 0 Å². The molecule has 0 bridgehead atoms. The molecule has 4 atom stereocenters. The van der Waals surface area contributed by atoms with Gasteiger partial charge in [-0.2, -0.15) is 11.8 Å². The first-order chi connectivity index (χ1) is 21.1. The summed E-state index contributed by atoms with van der Waals surface area (Å²) >= 11 is 1.48. The Morgan fingerprint density at radius 2 is 1.50 bits per heavy atom. The molecule has 44 heavy (non-hydrogen) atoms. The molecule has 3 rings (SSSR count). The van der Waals surface area contributed by atoms with E-state index < -0.39 is 55.0 Å². The van der Waals surface area contributed by atoms with E-state index in [1.165, 1.54) is 28.5 Å². The highest BCUT2D eigenvalue weighted by Crippen LogP contribution is 2.26. The molecular weight excluding hydrogens is 592 g/mol. The van der Waals surface area contributed by atoms with Crippen molar-refractivity contribution in [1.29, 1.82) is 0 Å². The summed E-state index contributed by atoms with van der Waals surface area (Å²) in [6.45, 7) is 2.32. The van der Waals surface area contributed by atoms with Gasteiger partial charge in [-0.05, 0) is 63.9 Å². The van der Waals surface area contributed by atoms with Crippen LogP contribution in [-0.2, 0) is 33.6 Å². The van der Waals surface area contributed by atoms with Crippen LogP contribution in [0.3, 0.4) is 0 Å². The summed E-state index contributed by atoms with van der Waals surface area (Å²) in [6, 6.07) is -3.55. The number of hydrogen-bond donors (Lipinski definition) is 4. The summed E-state index contributed by atoms with van der Waals surface area (Å²) in [7, 11) is 0. The highest BCUT2D eigenvalue weighted by Gasteiger charge is 2.42. The van der Waals surface area contributed by atoms with Gasteiger partial charge in [0, 0.05) is 39.0 Å². The summed E-state index contributed by atoms with van der Waals surface area (Å²) < 4.78 is 0. The molecule has 3 aliphatic heterocycles. The van der Waals surface area contributed by atoms with Gasteiger partial charge in [-0.25, -0.2) is 0 Å². The molecule has 0 spiro atoms. The van der Waals surface area contributed by atoms with Crippen LogP contribution in [0.1, 0.15) is 64.7 Å². The zero-order valence-electron chi connectivity index (χ0n) is 25.7. The molecule has 0 aliphatic carbocycles. The number of aliphatic hydroxyl groups excluding tert-OH is 1. The Morgan fingerprint density at radius 3 is 2.14 bits per heavy atom. The molecule has 3 saturated heterocycles. The number of carbonyl (C=O) groups excluding carboxylic acids is 7. The third-order valence-electron chi connectivity index (χ3n) is 8.29. The van der Waals surface area contributed by atoms with E-state index in [0.29, 0.717) is 57.6 Å². The zero-order chi connectivity index (χ0) is 32.2. The monoisotopic (exact) mass is 638 g/mol. The molecule has 4 N–H and O–H groups in total. The minimum absolute atomic E-state index is 0.0443. The number of amides is 6. The Bertz CT molecular complexity index is 1080. The number of thioether (sulfide) groups is 1. The van der Waals surface area contributed by atoms with Crippen molar-refractivity contribution in [3.63, 3.8) is 0 Å². The highest BCUT2D eigenvalue weighted by molar-refractivity contribution is 7.98. The number of aliphatic hydroxyl groups is 1. The van der Waals surface area contributed by atoms with Crippen molar-refractivity contribution in [1.82, 2.24) is 30.7 Å². The molecule has 3 fully saturated rings. The lowest BCUT2D eigenvalue weighted by atomic mass is 10.1. The molecule has 6 amide bonds. The van der Waals surface area contributed by atoms with Gasteiger partial charge in [0.15, 0.2) is 0 Å². The van der Waals surface area contributed by atoms with Crippen molar-refractivity contribution in [2.24, 2.45) is 0 Å². The minimum atomic E-state index is -1.10. The van der Waals surface area contributed by atoms with E-state index in [1.807, 2.05) is 6.26 Å². The number of carbonyl (C=O) groups is 7. The lowest BCUT2D eigenvalue weighted by molar-refractivity contribution is -0.147. The second-order valence-electron chi connectivity index (χ2n) is 11.5. The fourth-order valence-corrected chi connectivity index (χ4v) is 6.37. The van der Waals surface area contributed by atoms with Crippen LogP contribution in [-0.4, -0.2) is 137 Å². The maximum Gasteiger partial charge on any atom is 0.247 e. The molecule has 0 aromatic carbocycles. The fraction of sp³-hybridized carbons (Fsp3) is 0.759. The SMILES string of the molecule is CSCC[C@H](NC(=O)[C@H]1CCCN1C(=O)[C@H]1CCCN1C(=O)CCC(C)=O)C(=O)NCC(=O)N[C@@H](CO)C(=O)N1CCCC1. The van der Waals surface area contributed by atoms with Crippen molar-refractivity contribution >= 4 is 53.0 Å². The molecule has 3 heterocycles. The molecule has 0 unspecified atom stereocenters. The van der Waals surface area contributed by atoms with Crippen molar-refractivity contribution < 1.29 is 38.7 Å². The van der Waals surface area contributed by atoms with E-state index in [9.17, 15) is 38.7 Å². The average molecular weight is 639 g/mol. The topological polar surface area (TPSA) is 186 Å². The van der Waals surface area contributed by atoms with E-state index in [1.54, 1.807) is 4.90 Å². The summed E-state index contributed by atoms with van der Waals surface area (Å²) in [6.07, 6.45) is 6.19. The number of rotatable bonds is 15. The third kappa shape index (κ3) is 9.65. The van der Waals surface area contributed by atoms with E-state index >= 15 is 0 Å². The van der Waals surface area contributed by atoms with Gasteiger partial charge in [-0.3, -0.25) is 28.8 Å². The summed E-state index contributed by atoms with van der Waals surface area (Å²) in [5, 5.41) is 17.4. The quantitative estimate of drug-likeness (QED) is 0.171. The lowest BCUT2D eigenvalue weighted by Gasteiger charge is -2.31. The molecule has 0 aromatic heterocycles. The number of hydrogen-bond acceptors (Lipinski definition) is 9. The number of likely N-dealkylation sites (tertiary alicyclic amines) is 3. The van der Waals surface area contributed by atoms with E-state index in [4.69, 9.17) is 0 Å². The summed E-state index contributed by atoms with van der Waals surface area (Å²) in [4.78, 5) is 93.7. The predicted octanol–water partition coefficient (Wildman–Crippen LogP) is -1.21. The highest BCUT2D eigenvalue weighted by atomic mass is 32.2. The first-order valence-corrected chi connectivity index (χ1v) is 16.8. The standard InChI is InChI=1S/C29H46N6O8S/c1-19(37)9-10-25(39)34-14-6-8-23(34)29(43)35-15-5-7-22(35)27(41)32-20(11-16-44-2)26(40)30-17-24(38)31-21(18-36)28(42)33-12-3-4-13-33/h20-23,36H,3-18H2,1-2H3,(H,30,40)(H,31,38)(H,32,41)/t20-,21-,22+,23+/m0/s1. The maximum absolute atomic E-state index is 13.5. The van der Waals surface area contributed by atoms with Gasteiger partial charge >= 0.3 is 0 Å². The Labute approximate surface area is 262 Å². The average Bonchev–Trinajstić information content (AvgIpc) is 3.80. The molecule has 14 nitrogen and oxygen atoms in total. The smallest absolute Gasteiger partial charge is 0.247 e. The van der Waals surface area contributed by atoms with Crippen molar-refractivity contribution in [2.45, 2.75) is 88.9 Å². The molecule has 0 radical (unpaired) electrons. The van der Waals surface area contributed by atoms with Crippen LogP contribution in [0, 0.1) is 0 Å². The second-order valence-corrected chi connectivity index (χ2v) is 12.5. The predicted molar refractivity (Wildman–Crippen MR) is 162 cm³/mol. The molecule has 0 saturated carbocycles. The van der Waals surface area contributed by atoms with Crippen molar-refractivity contribution in [3.05, 3.63) is 0 Å². The normalized spacial score (nSPS) is 21.1. The van der Waals surface area contributed by atoms with Crippen LogP contribution in [0.15, 0.2) is 0 Å². The maximum atomic E-state index is 13.5. The summed E-state index contributed by atoms with van der Waals surface area (Å²) in [5.41, 5.74) is 0. The van der Waals surface area contributed by atoms with Gasteiger partial charge in [-0.1, -0.05) is 0 Å². The number of nitrogens with zero attached hydrogens (tertiary/aromatic N) is 3. The first kappa shape index (κ1) is 35.3. The lowest BCUT2D eigenvalue weighted by Crippen LogP contribution is -2.57. The third-order valence-corrected chi connectivity index (χ3v) is 8.93. The fourth-order valence-electron chi connectivity index (χ4n) is 5.89. The van der Waals surface area contributed by atoms with Crippen LogP contribution in [0.5, 0.6) is 0 Å². The largest absolute Gasteiger partial charge is 0.394 e. The number of nitrogens with one attached hydrogen (secondary N) is 3. The summed E-state index contributed by atoms with van der Waals surface area (Å²) in [5.74, 6) is -2.18. The van der Waals surface area contributed by atoms with Gasteiger partial charge in [0.25, 0.3) is 0 Å². The molecule has 15 heteroatoms. The van der Waals surface area contributed by atoms with Crippen LogP contribution in [0.25, 0.3) is 0 Å². The Balaban J connectivity index is 1.57. The number of Topliss-reactive ketones (excluding diaryl/α,β-unsaturated/α-hetero) is 1. The van der Waals surface area contributed by atoms with Gasteiger partial charge < -0.3 is 40.6 Å². The van der Waals surface area contributed by atoms with Gasteiger partial charge in [0.2, 0.25) is 35.4 Å². The molecule has 246 valence electrons. The zero-order valence-corrected chi connectivity index (χ0v) is 26.5. The van der Waals surface area contributed by atoms with Crippen LogP contribution in [0.4, 0.5) is 0 Å². The Hall–Kier alpha value is -3.20. The molecule has 0 aromatic rings. The minimum Gasteiger partial charge on any atom is -0.394 e. The van der Waals surface area contributed by atoms with Gasteiger partial charge in [-0.15, -0.1) is 0 Å². The Morgan fingerprint density at radius 1 is 0.841 bits per heavy atom. The van der Waals surface area contributed by atoms with Crippen LogP contribution in [0.2, 0.25) is 0 Å². The first-order valence-electron chi connectivity index (χ1n) is 15.4. The van der Waals surface area contributed by atoms with Gasteiger partial charge in [0.1, 0.15) is 30.0 Å². The number of ketones is 1. The molecular formula is C29H46N6O8S. The second kappa shape index (κ2) is 17.3. The van der Waals surface area contributed by atoms with Gasteiger partial charge in [0.05, 0.1) is 13.2 Å².